The van der Waals surface area contributed by atoms with Gasteiger partial charge in [-0.1, -0.05) is 29.8 Å². The Labute approximate surface area is 127 Å². The molecule has 0 spiro atoms. The molecule has 5 nitrogen and oxygen atoms in total. The van der Waals surface area contributed by atoms with Gasteiger partial charge in [-0.2, -0.15) is 0 Å². The topological polar surface area (TPSA) is 70.6 Å². The molecule has 3 N–H and O–H groups in total. The summed E-state index contributed by atoms with van der Waals surface area (Å²) in [6.45, 7) is 5.05. The van der Waals surface area contributed by atoms with Crippen molar-refractivity contribution in [1.82, 2.24) is 5.32 Å². The number of carbonyl (C=O) groups is 1. The van der Waals surface area contributed by atoms with Crippen LogP contribution in [-0.4, -0.2) is 37.0 Å². The zero-order chi connectivity index (χ0) is 15.0. The predicted molar refractivity (Wildman–Crippen MR) is 82.8 cm³/mol. The van der Waals surface area contributed by atoms with E-state index in [4.69, 9.17) is 4.74 Å². The van der Waals surface area contributed by atoms with Gasteiger partial charge in [0.1, 0.15) is 0 Å². The van der Waals surface area contributed by atoms with Crippen molar-refractivity contribution in [3.05, 3.63) is 28.7 Å². The molecule has 0 saturated heterocycles. The highest BCUT2D eigenvalue weighted by molar-refractivity contribution is 9.10. The Bertz CT molecular complexity index is 409. The van der Waals surface area contributed by atoms with Crippen molar-refractivity contribution in [3.63, 3.8) is 0 Å². The highest BCUT2D eigenvalue weighted by atomic mass is 79.9. The molecule has 1 rings (SSSR count). The predicted octanol–water partition coefficient (Wildman–Crippen LogP) is 2.60. The van der Waals surface area contributed by atoms with Gasteiger partial charge in [-0.05, 0) is 30.2 Å². The molecular weight excluding hydrogens is 324 g/mol. The van der Waals surface area contributed by atoms with Gasteiger partial charge in [0.2, 0.25) is 0 Å². The number of aliphatic hydroxyl groups is 1. The van der Waals surface area contributed by atoms with E-state index in [1.807, 2.05) is 26.0 Å². The van der Waals surface area contributed by atoms with Crippen LogP contribution in [0.2, 0.25) is 0 Å². The Kier molecular flexibility index (Phi) is 7.58. The van der Waals surface area contributed by atoms with Crippen LogP contribution >= 0.6 is 15.9 Å². The van der Waals surface area contributed by atoms with Crippen molar-refractivity contribution in [2.45, 2.75) is 20.0 Å². The molecule has 6 heteroatoms. The number of halogens is 1. The molecule has 1 atom stereocenters. The lowest BCUT2D eigenvalue weighted by atomic mass is 10.2. The SMILES string of the molecule is CC(C)COCC(O)CNC(=O)Nc1ccc(Br)cc1. The van der Waals surface area contributed by atoms with Gasteiger partial charge in [-0.15, -0.1) is 0 Å². The summed E-state index contributed by atoms with van der Waals surface area (Å²) < 4.78 is 6.24. The second-order valence-corrected chi connectivity index (χ2v) is 5.84. The van der Waals surface area contributed by atoms with Crippen LogP contribution in [0.3, 0.4) is 0 Å². The number of nitrogens with one attached hydrogen (secondary N) is 2. The number of hydrogen-bond donors (Lipinski definition) is 3. The van der Waals surface area contributed by atoms with Crippen LogP contribution in [0.15, 0.2) is 28.7 Å². The first-order valence-corrected chi connectivity index (χ1v) is 7.33. The molecule has 0 aliphatic rings. The van der Waals surface area contributed by atoms with Crippen molar-refractivity contribution in [2.75, 3.05) is 25.1 Å². The van der Waals surface area contributed by atoms with Crippen LogP contribution in [0.4, 0.5) is 10.5 Å². The number of carbonyl (C=O) groups excluding carboxylic acids is 1. The highest BCUT2D eigenvalue weighted by Gasteiger charge is 2.08. The van der Waals surface area contributed by atoms with E-state index in [2.05, 4.69) is 26.6 Å². The van der Waals surface area contributed by atoms with Crippen LogP contribution in [-0.2, 0) is 4.74 Å². The van der Waals surface area contributed by atoms with Crippen molar-refractivity contribution in [2.24, 2.45) is 5.92 Å². The fourth-order valence-electron chi connectivity index (χ4n) is 1.42. The number of rotatable bonds is 7. The molecule has 112 valence electrons. The van der Waals surface area contributed by atoms with Crippen molar-refractivity contribution < 1.29 is 14.6 Å². The smallest absolute Gasteiger partial charge is 0.319 e. The molecule has 2 amide bonds. The molecule has 0 aliphatic heterocycles. The minimum atomic E-state index is -0.704. The number of amides is 2. The van der Waals surface area contributed by atoms with Crippen LogP contribution in [0.5, 0.6) is 0 Å². The van der Waals surface area contributed by atoms with Crippen LogP contribution in [0, 0.1) is 5.92 Å². The van der Waals surface area contributed by atoms with Crippen LogP contribution in [0.25, 0.3) is 0 Å². The van der Waals surface area contributed by atoms with E-state index >= 15 is 0 Å². The average molecular weight is 345 g/mol. The Morgan fingerprint density at radius 3 is 2.55 bits per heavy atom. The Morgan fingerprint density at radius 2 is 1.95 bits per heavy atom. The summed E-state index contributed by atoms with van der Waals surface area (Å²) >= 11 is 3.32. The maximum atomic E-state index is 11.6. The summed E-state index contributed by atoms with van der Waals surface area (Å²) in [5.74, 6) is 0.427. The van der Waals surface area contributed by atoms with E-state index < -0.39 is 6.10 Å². The molecule has 0 aromatic heterocycles. The molecule has 0 bridgehead atoms. The molecular formula is C14H21BrN2O3. The van der Waals surface area contributed by atoms with E-state index in [1.54, 1.807) is 12.1 Å². The van der Waals surface area contributed by atoms with Crippen molar-refractivity contribution in [3.8, 4) is 0 Å². The normalized spacial score (nSPS) is 12.2. The summed E-state index contributed by atoms with van der Waals surface area (Å²) in [7, 11) is 0. The first-order chi connectivity index (χ1) is 9.47. The fourth-order valence-corrected chi connectivity index (χ4v) is 1.68. The number of benzene rings is 1. The van der Waals surface area contributed by atoms with E-state index in [9.17, 15) is 9.90 Å². The van der Waals surface area contributed by atoms with Gasteiger partial charge in [-0.3, -0.25) is 0 Å². The Morgan fingerprint density at radius 1 is 1.30 bits per heavy atom. The summed E-state index contributed by atoms with van der Waals surface area (Å²) in [6.07, 6.45) is -0.704. The van der Waals surface area contributed by atoms with Crippen molar-refractivity contribution in [1.29, 1.82) is 0 Å². The number of aliphatic hydroxyl groups excluding tert-OH is 1. The lowest BCUT2D eigenvalue weighted by Gasteiger charge is -2.14. The number of urea groups is 1. The first-order valence-electron chi connectivity index (χ1n) is 6.53. The minimum absolute atomic E-state index is 0.153. The number of hydrogen-bond acceptors (Lipinski definition) is 3. The Hall–Kier alpha value is -1.11. The van der Waals surface area contributed by atoms with E-state index in [0.29, 0.717) is 18.2 Å². The molecule has 1 unspecified atom stereocenters. The molecule has 0 radical (unpaired) electrons. The van der Waals surface area contributed by atoms with E-state index in [-0.39, 0.29) is 19.2 Å². The largest absolute Gasteiger partial charge is 0.389 e. The van der Waals surface area contributed by atoms with Gasteiger partial charge in [0.25, 0.3) is 0 Å². The molecule has 0 saturated carbocycles. The third kappa shape index (κ3) is 7.47. The first kappa shape index (κ1) is 16.9. The molecule has 0 fully saturated rings. The second-order valence-electron chi connectivity index (χ2n) is 4.93. The molecule has 1 aromatic carbocycles. The zero-order valence-electron chi connectivity index (χ0n) is 11.7. The van der Waals surface area contributed by atoms with Crippen LogP contribution in [0.1, 0.15) is 13.8 Å². The standard InChI is InChI=1S/C14H21BrN2O3/c1-10(2)8-20-9-13(18)7-16-14(19)17-12-5-3-11(15)4-6-12/h3-6,10,13,18H,7-9H2,1-2H3,(H2,16,17,19). The quantitative estimate of drug-likeness (QED) is 0.711. The maximum absolute atomic E-state index is 11.6. The van der Waals surface area contributed by atoms with Gasteiger partial charge in [-0.25, -0.2) is 4.79 Å². The minimum Gasteiger partial charge on any atom is -0.389 e. The lowest BCUT2D eigenvalue weighted by Crippen LogP contribution is -2.37. The summed E-state index contributed by atoms with van der Waals surface area (Å²) in [6, 6.07) is 6.89. The van der Waals surface area contributed by atoms with Gasteiger partial charge in [0.05, 0.1) is 12.7 Å². The summed E-state index contributed by atoms with van der Waals surface area (Å²) in [5.41, 5.74) is 0.691. The summed E-state index contributed by atoms with van der Waals surface area (Å²) in [4.78, 5) is 11.6. The van der Waals surface area contributed by atoms with Crippen molar-refractivity contribution >= 4 is 27.6 Å². The number of ether oxygens (including phenoxy) is 1. The van der Waals surface area contributed by atoms with Gasteiger partial charge >= 0.3 is 6.03 Å². The van der Waals surface area contributed by atoms with Gasteiger partial charge in [0, 0.05) is 23.3 Å². The third-order valence-electron chi connectivity index (χ3n) is 2.36. The third-order valence-corrected chi connectivity index (χ3v) is 2.89. The van der Waals surface area contributed by atoms with Gasteiger partial charge in [0.15, 0.2) is 0 Å². The van der Waals surface area contributed by atoms with E-state index in [0.717, 1.165) is 4.47 Å². The summed E-state index contributed by atoms with van der Waals surface area (Å²) in [5, 5.41) is 14.9. The second kappa shape index (κ2) is 8.94. The van der Waals surface area contributed by atoms with E-state index in [1.165, 1.54) is 0 Å². The molecule has 20 heavy (non-hydrogen) atoms. The molecule has 1 aromatic rings. The van der Waals surface area contributed by atoms with Crippen LogP contribution < -0.4 is 10.6 Å². The van der Waals surface area contributed by atoms with Gasteiger partial charge < -0.3 is 20.5 Å². The Balaban J connectivity index is 2.20. The number of anilines is 1. The highest BCUT2D eigenvalue weighted by Crippen LogP contribution is 2.13. The maximum Gasteiger partial charge on any atom is 0.319 e. The molecule has 0 heterocycles. The average Bonchev–Trinajstić information content (AvgIpc) is 2.39. The monoisotopic (exact) mass is 344 g/mol. The lowest BCUT2D eigenvalue weighted by molar-refractivity contribution is 0.0274. The zero-order valence-corrected chi connectivity index (χ0v) is 13.3. The molecule has 0 aliphatic carbocycles. The fraction of sp³-hybridized carbons (Fsp3) is 0.500.